The number of fused-ring (bicyclic) bond motifs is 2. The first-order valence-corrected chi connectivity index (χ1v) is 5.14. The quantitative estimate of drug-likeness (QED) is 0.648. The Hall–Kier alpha value is -1.70. The van der Waals surface area contributed by atoms with Crippen molar-refractivity contribution in [3.05, 3.63) is 47.3 Å². The molecule has 0 saturated heterocycles. The van der Waals surface area contributed by atoms with Gasteiger partial charge in [0.15, 0.2) is 0 Å². The molecular formula is C13H12O2. The monoisotopic (exact) mass is 200 g/mol. The van der Waals surface area contributed by atoms with Crippen LogP contribution in [0.5, 0.6) is 0 Å². The average molecular weight is 200 g/mol. The molecule has 2 heteroatoms. The van der Waals surface area contributed by atoms with E-state index in [9.17, 15) is 0 Å². The van der Waals surface area contributed by atoms with Crippen LogP contribution in [0.4, 0.5) is 0 Å². The molecule has 2 heterocycles. The molecule has 2 nitrogen and oxygen atoms in total. The van der Waals surface area contributed by atoms with Gasteiger partial charge in [0.2, 0.25) is 0 Å². The Balaban J connectivity index is 2.14. The molecule has 0 aromatic carbocycles. The van der Waals surface area contributed by atoms with Crippen molar-refractivity contribution in [3.8, 4) is 0 Å². The van der Waals surface area contributed by atoms with Crippen molar-refractivity contribution in [3.63, 3.8) is 0 Å². The molecule has 0 N–H and O–H groups in total. The lowest BCUT2D eigenvalue weighted by Crippen LogP contribution is -2.00. The molecule has 3 rings (SSSR count). The van der Waals surface area contributed by atoms with Crippen LogP contribution in [0.25, 0.3) is 12.2 Å². The van der Waals surface area contributed by atoms with Gasteiger partial charge in [0.25, 0.3) is 0 Å². The fourth-order valence-corrected chi connectivity index (χ4v) is 2.12. The van der Waals surface area contributed by atoms with Gasteiger partial charge in [-0.1, -0.05) is 19.1 Å². The third-order valence-corrected chi connectivity index (χ3v) is 3.00. The van der Waals surface area contributed by atoms with Gasteiger partial charge in [-0.25, -0.2) is 0 Å². The van der Waals surface area contributed by atoms with Crippen LogP contribution in [0.3, 0.4) is 0 Å². The van der Waals surface area contributed by atoms with Gasteiger partial charge in [-0.3, -0.25) is 0 Å². The molecule has 2 aromatic heterocycles. The normalized spacial score (nSPS) is 21.3. The lowest BCUT2D eigenvalue weighted by molar-refractivity contribution is 0.555. The zero-order valence-corrected chi connectivity index (χ0v) is 8.57. The topological polar surface area (TPSA) is 26.3 Å². The maximum absolute atomic E-state index is 5.25. The Morgan fingerprint density at radius 3 is 2.67 bits per heavy atom. The molecule has 0 fully saturated rings. The first-order valence-electron chi connectivity index (χ1n) is 5.14. The number of rotatable bonds is 0. The highest BCUT2D eigenvalue weighted by Crippen LogP contribution is 2.30. The van der Waals surface area contributed by atoms with Gasteiger partial charge in [-0.2, -0.15) is 0 Å². The van der Waals surface area contributed by atoms with Crippen LogP contribution in [0.2, 0.25) is 0 Å². The molecule has 2 aromatic rings. The summed E-state index contributed by atoms with van der Waals surface area (Å²) < 4.78 is 10.5. The summed E-state index contributed by atoms with van der Waals surface area (Å²) in [5, 5.41) is 0. The Morgan fingerprint density at radius 1 is 1.00 bits per heavy atom. The minimum Gasteiger partial charge on any atom is -0.472 e. The zero-order valence-electron chi connectivity index (χ0n) is 8.57. The molecule has 0 aliphatic heterocycles. The van der Waals surface area contributed by atoms with Crippen molar-refractivity contribution in [2.75, 3.05) is 0 Å². The Labute approximate surface area is 88.2 Å². The van der Waals surface area contributed by atoms with Gasteiger partial charge in [-0.15, -0.1) is 0 Å². The Kier molecular flexibility index (Phi) is 1.81. The van der Waals surface area contributed by atoms with E-state index in [0.717, 1.165) is 6.42 Å². The fourth-order valence-electron chi connectivity index (χ4n) is 2.12. The molecule has 1 aliphatic rings. The highest BCUT2D eigenvalue weighted by molar-refractivity contribution is 5.73. The van der Waals surface area contributed by atoms with Crippen LogP contribution in [0.15, 0.2) is 33.9 Å². The third kappa shape index (κ3) is 1.33. The summed E-state index contributed by atoms with van der Waals surface area (Å²) in [6.07, 6.45) is 12.4. The summed E-state index contributed by atoms with van der Waals surface area (Å²) in [6.45, 7) is 2.21. The minimum absolute atomic E-state index is 0.472. The molecule has 1 aliphatic carbocycles. The van der Waals surface area contributed by atoms with E-state index in [4.69, 9.17) is 8.83 Å². The van der Waals surface area contributed by atoms with Crippen molar-refractivity contribution < 1.29 is 8.83 Å². The summed E-state index contributed by atoms with van der Waals surface area (Å²) in [7, 11) is 0. The van der Waals surface area contributed by atoms with E-state index >= 15 is 0 Å². The molecule has 0 saturated carbocycles. The van der Waals surface area contributed by atoms with Crippen molar-refractivity contribution in [1.82, 2.24) is 0 Å². The number of furan rings is 2. The molecule has 1 unspecified atom stereocenters. The van der Waals surface area contributed by atoms with Crippen LogP contribution in [-0.2, 0) is 6.42 Å². The van der Waals surface area contributed by atoms with Crippen LogP contribution < -0.4 is 0 Å². The van der Waals surface area contributed by atoms with E-state index in [0.29, 0.717) is 5.92 Å². The highest BCUT2D eigenvalue weighted by Gasteiger charge is 2.16. The van der Waals surface area contributed by atoms with Gasteiger partial charge in [0.1, 0.15) is 0 Å². The largest absolute Gasteiger partial charge is 0.472 e. The van der Waals surface area contributed by atoms with Crippen molar-refractivity contribution in [2.24, 2.45) is 0 Å². The summed E-state index contributed by atoms with van der Waals surface area (Å²) in [5.41, 5.74) is 4.90. The highest BCUT2D eigenvalue weighted by atomic mass is 16.3. The van der Waals surface area contributed by atoms with Gasteiger partial charge in [0.05, 0.1) is 25.1 Å². The molecule has 0 amide bonds. The first-order chi connectivity index (χ1) is 7.34. The molecule has 1 atom stereocenters. The lowest BCUT2D eigenvalue weighted by Gasteiger charge is -2.12. The van der Waals surface area contributed by atoms with Crippen molar-refractivity contribution in [1.29, 1.82) is 0 Å². The molecule has 15 heavy (non-hydrogen) atoms. The van der Waals surface area contributed by atoms with Crippen LogP contribution in [-0.4, -0.2) is 0 Å². The van der Waals surface area contributed by atoms with Gasteiger partial charge in [-0.05, 0) is 17.9 Å². The summed E-state index contributed by atoms with van der Waals surface area (Å²) in [6, 6.07) is 0. The summed E-state index contributed by atoms with van der Waals surface area (Å²) in [5.74, 6) is 0.472. The van der Waals surface area contributed by atoms with Gasteiger partial charge in [0, 0.05) is 16.7 Å². The summed E-state index contributed by atoms with van der Waals surface area (Å²) in [4.78, 5) is 0. The first kappa shape index (κ1) is 8.60. The second kappa shape index (κ2) is 3.16. The SMILES string of the molecule is CC1Cc2cocc2/C=C\c2cocc21. The van der Waals surface area contributed by atoms with Gasteiger partial charge < -0.3 is 8.83 Å². The van der Waals surface area contributed by atoms with Crippen LogP contribution >= 0.6 is 0 Å². The zero-order chi connectivity index (χ0) is 10.3. The molecule has 0 radical (unpaired) electrons. The minimum atomic E-state index is 0.472. The maximum atomic E-state index is 5.25. The second-order valence-electron chi connectivity index (χ2n) is 4.07. The molecule has 0 spiro atoms. The maximum Gasteiger partial charge on any atom is 0.0977 e. The lowest BCUT2D eigenvalue weighted by atomic mass is 9.90. The van der Waals surface area contributed by atoms with Crippen LogP contribution in [0, 0.1) is 0 Å². The average Bonchev–Trinajstić information content (AvgIpc) is 2.81. The van der Waals surface area contributed by atoms with E-state index in [1.807, 2.05) is 12.5 Å². The smallest absolute Gasteiger partial charge is 0.0977 e. The Morgan fingerprint density at radius 2 is 1.73 bits per heavy atom. The number of hydrogen-bond acceptors (Lipinski definition) is 2. The Bertz CT molecular complexity index is 502. The van der Waals surface area contributed by atoms with E-state index in [-0.39, 0.29) is 0 Å². The van der Waals surface area contributed by atoms with E-state index in [2.05, 4.69) is 19.1 Å². The third-order valence-electron chi connectivity index (χ3n) is 3.00. The second-order valence-corrected chi connectivity index (χ2v) is 4.07. The predicted molar refractivity (Wildman–Crippen MR) is 58.5 cm³/mol. The van der Waals surface area contributed by atoms with Crippen molar-refractivity contribution >= 4 is 12.2 Å². The predicted octanol–water partition coefficient (Wildman–Crippen LogP) is 3.70. The standard InChI is InChI=1S/C13H12O2/c1-9-4-12-7-14-5-10(12)2-3-11-6-15-8-13(9)11/h2-3,5-9H,4H2,1H3/b3-2-. The van der Waals surface area contributed by atoms with E-state index in [1.165, 1.54) is 22.3 Å². The molecule has 76 valence electrons. The van der Waals surface area contributed by atoms with E-state index < -0.39 is 0 Å². The number of hydrogen-bond donors (Lipinski definition) is 0. The van der Waals surface area contributed by atoms with Crippen LogP contribution in [0.1, 0.15) is 35.1 Å². The molecular weight excluding hydrogens is 188 g/mol. The fraction of sp³-hybridized carbons (Fsp3) is 0.231. The van der Waals surface area contributed by atoms with E-state index in [1.54, 1.807) is 12.5 Å². The molecule has 0 bridgehead atoms. The van der Waals surface area contributed by atoms with Crippen molar-refractivity contribution in [2.45, 2.75) is 19.3 Å². The van der Waals surface area contributed by atoms with Gasteiger partial charge >= 0.3 is 0 Å². The summed E-state index contributed by atoms with van der Waals surface area (Å²) >= 11 is 0.